The molecule has 0 fully saturated rings. The molecule has 8 heteroatoms. The second-order valence-electron chi connectivity index (χ2n) is 3.82. The molecule has 0 spiro atoms. The van der Waals surface area contributed by atoms with Gasteiger partial charge in [-0.25, -0.2) is 13.1 Å². The molecule has 0 amide bonds. The lowest BCUT2D eigenvalue weighted by Gasteiger charge is -2.09. The van der Waals surface area contributed by atoms with Gasteiger partial charge in [0.15, 0.2) is 0 Å². The molecular formula is C12H9Cl3N2O2S. The third-order valence-corrected chi connectivity index (χ3v) is 5.31. The Morgan fingerprint density at radius 3 is 2.45 bits per heavy atom. The van der Waals surface area contributed by atoms with Crippen LogP contribution in [-0.4, -0.2) is 13.4 Å². The van der Waals surface area contributed by atoms with Gasteiger partial charge >= 0.3 is 0 Å². The fraction of sp³-hybridized carbons (Fsp3) is 0.0833. The molecule has 1 N–H and O–H groups in total. The average molecular weight is 352 g/mol. The maximum atomic E-state index is 12.2. The average Bonchev–Trinajstić information content (AvgIpc) is 2.44. The molecule has 1 heterocycles. The van der Waals surface area contributed by atoms with Gasteiger partial charge in [0.2, 0.25) is 10.0 Å². The SMILES string of the molecule is O=S(=O)(NCc1ccccn1)c1ccc(Cl)c(Cl)c1Cl. The minimum Gasteiger partial charge on any atom is -0.260 e. The zero-order valence-corrected chi connectivity index (χ0v) is 13.1. The number of hydrogen-bond acceptors (Lipinski definition) is 3. The van der Waals surface area contributed by atoms with Gasteiger partial charge in [-0.3, -0.25) is 4.98 Å². The van der Waals surface area contributed by atoms with Gasteiger partial charge < -0.3 is 0 Å². The number of benzene rings is 1. The van der Waals surface area contributed by atoms with Crippen LogP contribution < -0.4 is 4.72 Å². The van der Waals surface area contributed by atoms with Crippen molar-refractivity contribution in [2.45, 2.75) is 11.4 Å². The van der Waals surface area contributed by atoms with E-state index in [1.807, 2.05) is 0 Å². The minimum atomic E-state index is -3.79. The molecule has 0 unspecified atom stereocenters. The second-order valence-corrected chi connectivity index (χ2v) is 6.72. The van der Waals surface area contributed by atoms with Crippen molar-refractivity contribution in [2.75, 3.05) is 0 Å². The van der Waals surface area contributed by atoms with Crippen molar-refractivity contribution in [1.29, 1.82) is 0 Å². The molecule has 106 valence electrons. The Labute approximate surface area is 131 Å². The van der Waals surface area contributed by atoms with E-state index in [4.69, 9.17) is 34.8 Å². The molecule has 0 radical (unpaired) electrons. The molecule has 20 heavy (non-hydrogen) atoms. The Kier molecular flexibility index (Phi) is 4.88. The number of hydrogen-bond donors (Lipinski definition) is 1. The van der Waals surface area contributed by atoms with Crippen LogP contribution in [0.5, 0.6) is 0 Å². The van der Waals surface area contributed by atoms with Crippen molar-refractivity contribution >= 4 is 44.8 Å². The molecule has 0 atom stereocenters. The summed E-state index contributed by atoms with van der Waals surface area (Å²) in [5.74, 6) is 0. The molecule has 0 bridgehead atoms. The number of sulfonamides is 1. The Balaban J connectivity index is 2.25. The number of nitrogens with one attached hydrogen (secondary N) is 1. The van der Waals surface area contributed by atoms with Crippen LogP contribution in [-0.2, 0) is 16.6 Å². The van der Waals surface area contributed by atoms with Crippen molar-refractivity contribution in [3.05, 3.63) is 57.3 Å². The third kappa shape index (κ3) is 3.42. The lowest BCUT2D eigenvalue weighted by atomic mass is 10.4. The summed E-state index contributed by atoms with van der Waals surface area (Å²) in [7, 11) is -3.79. The zero-order valence-electron chi connectivity index (χ0n) is 9.98. The van der Waals surface area contributed by atoms with Crippen molar-refractivity contribution in [1.82, 2.24) is 9.71 Å². The van der Waals surface area contributed by atoms with Gasteiger partial charge in [-0.2, -0.15) is 0 Å². The summed E-state index contributed by atoms with van der Waals surface area (Å²) in [6, 6.07) is 7.90. The van der Waals surface area contributed by atoms with Gasteiger partial charge in [-0.15, -0.1) is 0 Å². The highest BCUT2D eigenvalue weighted by atomic mass is 35.5. The molecule has 0 aliphatic carbocycles. The molecule has 0 saturated carbocycles. The molecule has 1 aromatic heterocycles. The Morgan fingerprint density at radius 1 is 1.05 bits per heavy atom. The van der Waals surface area contributed by atoms with E-state index in [9.17, 15) is 8.42 Å². The van der Waals surface area contributed by atoms with E-state index in [1.54, 1.807) is 24.4 Å². The monoisotopic (exact) mass is 350 g/mol. The van der Waals surface area contributed by atoms with E-state index in [0.717, 1.165) is 0 Å². The topological polar surface area (TPSA) is 59.1 Å². The van der Waals surface area contributed by atoms with Crippen LogP contribution >= 0.6 is 34.8 Å². The van der Waals surface area contributed by atoms with Crippen LogP contribution in [0.1, 0.15) is 5.69 Å². The van der Waals surface area contributed by atoms with E-state index < -0.39 is 10.0 Å². The zero-order chi connectivity index (χ0) is 14.8. The normalized spacial score (nSPS) is 11.6. The van der Waals surface area contributed by atoms with Gasteiger partial charge in [-0.05, 0) is 24.3 Å². The van der Waals surface area contributed by atoms with E-state index in [2.05, 4.69) is 9.71 Å². The van der Waals surface area contributed by atoms with Crippen LogP contribution in [0, 0.1) is 0 Å². The van der Waals surface area contributed by atoms with Crippen molar-refractivity contribution in [3.8, 4) is 0 Å². The highest BCUT2D eigenvalue weighted by molar-refractivity contribution is 7.89. The lowest BCUT2D eigenvalue weighted by molar-refractivity contribution is 0.580. The van der Waals surface area contributed by atoms with Crippen LogP contribution in [0.15, 0.2) is 41.4 Å². The van der Waals surface area contributed by atoms with E-state index in [1.165, 1.54) is 12.1 Å². The first kappa shape index (κ1) is 15.5. The van der Waals surface area contributed by atoms with Crippen molar-refractivity contribution in [2.24, 2.45) is 0 Å². The maximum Gasteiger partial charge on any atom is 0.242 e. The molecule has 2 rings (SSSR count). The van der Waals surface area contributed by atoms with Crippen LogP contribution in [0.4, 0.5) is 0 Å². The summed E-state index contributed by atoms with van der Waals surface area (Å²) in [6.07, 6.45) is 1.58. The standard InChI is InChI=1S/C12H9Cl3N2O2S/c13-9-4-5-10(12(15)11(9)14)20(18,19)17-7-8-3-1-2-6-16-8/h1-6,17H,7H2. The molecule has 2 aromatic rings. The summed E-state index contributed by atoms with van der Waals surface area (Å²) in [5, 5.41) is 0.0991. The van der Waals surface area contributed by atoms with Gasteiger partial charge in [0, 0.05) is 6.20 Å². The van der Waals surface area contributed by atoms with E-state index in [-0.39, 0.29) is 26.5 Å². The van der Waals surface area contributed by atoms with Crippen LogP contribution in [0.3, 0.4) is 0 Å². The quantitative estimate of drug-likeness (QED) is 0.857. The predicted octanol–water partition coefficient (Wildman–Crippen LogP) is 3.52. The van der Waals surface area contributed by atoms with Gasteiger partial charge in [0.05, 0.1) is 27.3 Å². The number of nitrogens with zero attached hydrogens (tertiary/aromatic N) is 1. The Morgan fingerprint density at radius 2 is 1.80 bits per heavy atom. The van der Waals surface area contributed by atoms with Crippen LogP contribution in [0.25, 0.3) is 0 Å². The Hall–Kier alpha value is -0.850. The van der Waals surface area contributed by atoms with E-state index in [0.29, 0.717) is 5.69 Å². The first-order valence-electron chi connectivity index (χ1n) is 5.45. The van der Waals surface area contributed by atoms with Gasteiger partial charge in [0.25, 0.3) is 0 Å². The molecule has 0 aliphatic heterocycles. The van der Waals surface area contributed by atoms with Crippen LogP contribution in [0.2, 0.25) is 15.1 Å². The highest BCUT2D eigenvalue weighted by Crippen LogP contribution is 2.34. The summed E-state index contributed by atoms with van der Waals surface area (Å²) in [6.45, 7) is 0.0553. The maximum absolute atomic E-state index is 12.2. The fourth-order valence-electron chi connectivity index (χ4n) is 1.47. The largest absolute Gasteiger partial charge is 0.260 e. The third-order valence-electron chi connectivity index (χ3n) is 2.46. The first-order valence-corrected chi connectivity index (χ1v) is 8.06. The predicted molar refractivity (Wildman–Crippen MR) is 79.7 cm³/mol. The molecule has 4 nitrogen and oxygen atoms in total. The van der Waals surface area contributed by atoms with E-state index >= 15 is 0 Å². The number of pyridine rings is 1. The molecule has 0 aliphatic rings. The number of halogens is 3. The second kappa shape index (κ2) is 6.28. The summed E-state index contributed by atoms with van der Waals surface area (Å²) >= 11 is 17.5. The number of aromatic nitrogens is 1. The lowest BCUT2D eigenvalue weighted by Crippen LogP contribution is -2.24. The van der Waals surface area contributed by atoms with Gasteiger partial charge in [-0.1, -0.05) is 40.9 Å². The summed E-state index contributed by atoms with van der Waals surface area (Å²) in [5.41, 5.74) is 0.590. The summed E-state index contributed by atoms with van der Waals surface area (Å²) in [4.78, 5) is 3.90. The fourth-order valence-corrected chi connectivity index (χ4v) is 3.44. The highest BCUT2D eigenvalue weighted by Gasteiger charge is 2.20. The molecule has 0 saturated heterocycles. The van der Waals surface area contributed by atoms with Crippen molar-refractivity contribution in [3.63, 3.8) is 0 Å². The summed E-state index contributed by atoms with van der Waals surface area (Å²) < 4.78 is 26.7. The smallest absolute Gasteiger partial charge is 0.242 e. The molecular weight excluding hydrogens is 343 g/mol. The van der Waals surface area contributed by atoms with Crippen molar-refractivity contribution < 1.29 is 8.42 Å². The Bertz CT molecular complexity index is 721. The molecule has 1 aromatic carbocycles. The number of rotatable bonds is 4. The van der Waals surface area contributed by atoms with Gasteiger partial charge in [0.1, 0.15) is 4.90 Å². The minimum absolute atomic E-state index is 0.00837. The first-order chi connectivity index (χ1) is 9.42.